The number of hydrogen-bond acceptors (Lipinski definition) is 4. The molecule has 5 rings (SSSR count). The molecule has 5 nitrogen and oxygen atoms in total. The number of methoxy groups -OCH3 is 1. The quantitative estimate of drug-likeness (QED) is 0.157. The van der Waals surface area contributed by atoms with Crippen molar-refractivity contribution < 1.29 is 4.74 Å². The van der Waals surface area contributed by atoms with Crippen molar-refractivity contribution in [2.45, 2.75) is 6.92 Å². The van der Waals surface area contributed by atoms with E-state index in [0.29, 0.717) is 5.02 Å². The molecule has 0 amide bonds. The zero-order valence-electron chi connectivity index (χ0n) is 19.7. The smallest absolute Gasteiger partial charge is 0.119 e. The standard InChI is InChI=1S/C29H22BrClN4O/c1-19-17-24(36-2)15-16-26(19)32-18-25(20-7-11-22(30)12-8-20)29(21-9-13-23(31)14-10-21)35-28-6-4-3-5-27(28)33-34-35/h3-18H,1-2H3/b29-25-,32-18?. The summed E-state index contributed by atoms with van der Waals surface area (Å²) < 4.78 is 8.21. The van der Waals surface area contributed by atoms with E-state index in [2.05, 4.69) is 38.4 Å². The number of nitrogens with zero attached hydrogens (tertiary/aromatic N) is 4. The molecule has 0 fully saturated rings. The number of rotatable bonds is 6. The summed E-state index contributed by atoms with van der Waals surface area (Å²) in [6.07, 6.45) is 1.89. The van der Waals surface area contributed by atoms with Crippen LogP contribution < -0.4 is 4.74 Å². The van der Waals surface area contributed by atoms with Gasteiger partial charge in [0.1, 0.15) is 11.3 Å². The van der Waals surface area contributed by atoms with Crippen molar-refractivity contribution in [3.05, 3.63) is 117 Å². The van der Waals surface area contributed by atoms with Crippen LogP contribution in [0.5, 0.6) is 5.75 Å². The van der Waals surface area contributed by atoms with Gasteiger partial charge in [0, 0.05) is 26.8 Å². The molecular formula is C29H22BrClN4O. The SMILES string of the molecule is COc1ccc(N=C/C(=C(\c2ccc(Cl)cc2)n2nnc3ccccc32)c2ccc(Br)cc2)c(C)c1. The molecular weight excluding hydrogens is 536 g/mol. The lowest BCUT2D eigenvalue weighted by Crippen LogP contribution is -2.06. The summed E-state index contributed by atoms with van der Waals surface area (Å²) in [6.45, 7) is 2.02. The Labute approximate surface area is 222 Å². The maximum atomic E-state index is 6.24. The van der Waals surface area contributed by atoms with Crippen molar-refractivity contribution in [1.29, 1.82) is 0 Å². The van der Waals surface area contributed by atoms with Crippen LogP contribution in [0.4, 0.5) is 5.69 Å². The number of aliphatic imine (C=N–C) groups is 1. The number of hydrogen-bond donors (Lipinski definition) is 0. The molecule has 0 bridgehead atoms. The number of ether oxygens (including phenoxy) is 1. The van der Waals surface area contributed by atoms with E-state index in [-0.39, 0.29) is 0 Å². The zero-order valence-corrected chi connectivity index (χ0v) is 22.0. The number of allylic oxidation sites excluding steroid dienone is 1. The fourth-order valence-electron chi connectivity index (χ4n) is 3.97. The number of para-hydroxylation sites is 1. The second kappa shape index (κ2) is 10.5. The highest BCUT2D eigenvalue weighted by Crippen LogP contribution is 2.32. The van der Waals surface area contributed by atoms with Crippen molar-refractivity contribution >= 4 is 61.7 Å². The van der Waals surface area contributed by atoms with Gasteiger partial charge in [-0.3, -0.25) is 4.99 Å². The van der Waals surface area contributed by atoms with Gasteiger partial charge >= 0.3 is 0 Å². The van der Waals surface area contributed by atoms with Gasteiger partial charge in [-0.2, -0.15) is 0 Å². The van der Waals surface area contributed by atoms with Gasteiger partial charge < -0.3 is 4.74 Å². The van der Waals surface area contributed by atoms with Crippen molar-refractivity contribution in [3.8, 4) is 5.75 Å². The predicted octanol–water partition coefficient (Wildman–Crippen LogP) is 7.98. The van der Waals surface area contributed by atoms with E-state index in [9.17, 15) is 0 Å². The normalized spacial score (nSPS) is 12.2. The van der Waals surface area contributed by atoms with Crippen molar-refractivity contribution in [2.75, 3.05) is 7.11 Å². The van der Waals surface area contributed by atoms with Gasteiger partial charge in [-0.15, -0.1) is 5.10 Å². The molecule has 5 aromatic rings. The Morgan fingerprint density at radius 2 is 1.67 bits per heavy atom. The van der Waals surface area contributed by atoms with E-state index in [1.807, 2.05) is 96.7 Å². The van der Waals surface area contributed by atoms with E-state index in [0.717, 1.165) is 54.9 Å². The van der Waals surface area contributed by atoms with Crippen molar-refractivity contribution in [1.82, 2.24) is 15.0 Å². The number of aryl methyl sites for hydroxylation is 1. The predicted molar refractivity (Wildman–Crippen MR) is 151 cm³/mol. The third-order valence-electron chi connectivity index (χ3n) is 5.83. The number of benzene rings is 4. The van der Waals surface area contributed by atoms with E-state index in [4.69, 9.17) is 21.3 Å². The Morgan fingerprint density at radius 1 is 0.944 bits per heavy atom. The molecule has 0 unspecified atom stereocenters. The molecule has 178 valence electrons. The van der Waals surface area contributed by atoms with Crippen LogP contribution in [0.25, 0.3) is 22.3 Å². The minimum atomic E-state index is 0.661. The molecule has 4 aromatic carbocycles. The van der Waals surface area contributed by atoms with Gasteiger partial charge in [-0.05, 0) is 72.6 Å². The molecule has 0 N–H and O–H groups in total. The molecule has 1 heterocycles. The topological polar surface area (TPSA) is 52.3 Å². The largest absolute Gasteiger partial charge is 0.497 e. The number of fused-ring (bicyclic) bond motifs is 1. The molecule has 0 aliphatic rings. The zero-order chi connectivity index (χ0) is 25.1. The van der Waals surface area contributed by atoms with Gasteiger partial charge in [0.15, 0.2) is 0 Å². The van der Waals surface area contributed by atoms with Gasteiger partial charge in [0.2, 0.25) is 0 Å². The Balaban J connectivity index is 1.79. The summed E-state index contributed by atoms with van der Waals surface area (Å²) in [5, 5.41) is 9.61. The van der Waals surface area contributed by atoms with Crippen LogP contribution in [0, 0.1) is 6.92 Å². The van der Waals surface area contributed by atoms with Crippen LogP contribution in [0.3, 0.4) is 0 Å². The minimum absolute atomic E-state index is 0.661. The average molecular weight is 558 g/mol. The van der Waals surface area contributed by atoms with Crippen molar-refractivity contribution in [2.24, 2.45) is 4.99 Å². The van der Waals surface area contributed by atoms with Crippen LogP contribution in [-0.4, -0.2) is 28.3 Å². The highest BCUT2D eigenvalue weighted by molar-refractivity contribution is 9.10. The third kappa shape index (κ3) is 4.96. The summed E-state index contributed by atoms with van der Waals surface area (Å²) in [4.78, 5) is 4.90. The molecule has 0 aliphatic heterocycles. The molecule has 1 aromatic heterocycles. The molecule has 0 saturated carbocycles. The minimum Gasteiger partial charge on any atom is -0.497 e. The van der Waals surface area contributed by atoms with E-state index in [1.165, 1.54) is 0 Å². The van der Waals surface area contributed by atoms with Crippen molar-refractivity contribution in [3.63, 3.8) is 0 Å². The fourth-order valence-corrected chi connectivity index (χ4v) is 4.36. The lowest BCUT2D eigenvalue weighted by atomic mass is 10.00. The summed E-state index contributed by atoms with van der Waals surface area (Å²) in [6, 6.07) is 29.6. The summed E-state index contributed by atoms with van der Waals surface area (Å²) in [7, 11) is 1.66. The molecule has 7 heteroatoms. The second-order valence-corrected chi connectivity index (χ2v) is 9.53. The molecule has 0 radical (unpaired) electrons. The Kier molecular flexibility index (Phi) is 6.98. The first kappa shape index (κ1) is 24.0. The Morgan fingerprint density at radius 3 is 2.39 bits per heavy atom. The van der Waals surface area contributed by atoms with Crippen LogP contribution in [0.1, 0.15) is 16.7 Å². The van der Waals surface area contributed by atoms with Gasteiger partial charge in [0.05, 0.1) is 24.0 Å². The van der Waals surface area contributed by atoms with Gasteiger partial charge in [0.25, 0.3) is 0 Å². The number of halogens is 2. The first-order valence-electron chi connectivity index (χ1n) is 11.3. The van der Waals surface area contributed by atoms with Gasteiger partial charge in [-0.25, -0.2) is 4.68 Å². The van der Waals surface area contributed by atoms with E-state index < -0.39 is 0 Å². The highest BCUT2D eigenvalue weighted by Gasteiger charge is 2.17. The summed E-state index contributed by atoms with van der Waals surface area (Å²) in [5.74, 6) is 0.797. The molecule has 0 atom stereocenters. The Bertz CT molecular complexity index is 1590. The van der Waals surface area contributed by atoms with Crippen LogP contribution >= 0.6 is 27.5 Å². The maximum Gasteiger partial charge on any atom is 0.119 e. The number of aromatic nitrogens is 3. The average Bonchev–Trinajstić information content (AvgIpc) is 3.32. The summed E-state index contributed by atoms with van der Waals surface area (Å²) in [5.41, 5.74) is 7.22. The van der Waals surface area contributed by atoms with Crippen LogP contribution in [-0.2, 0) is 0 Å². The van der Waals surface area contributed by atoms with Gasteiger partial charge in [-0.1, -0.05) is 69.1 Å². The molecule has 0 spiro atoms. The highest BCUT2D eigenvalue weighted by atomic mass is 79.9. The maximum absolute atomic E-state index is 6.24. The first-order valence-corrected chi connectivity index (χ1v) is 12.5. The lowest BCUT2D eigenvalue weighted by molar-refractivity contribution is 0.414. The fraction of sp³-hybridized carbons (Fsp3) is 0.0690. The second-order valence-electron chi connectivity index (χ2n) is 8.18. The van der Waals surface area contributed by atoms with E-state index in [1.54, 1.807) is 7.11 Å². The summed E-state index contributed by atoms with van der Waals surface area (Å²) >= 11 is 9.79. The Hall–Kier alpha value is -3.74. The first-order chi connectivity index (χ1) is 17.5. The van der Waals surface area contributed by atoms with Crippen LogP contribution in [0.2, 0.25) is 5.02 Å². The van der Waals surface area contributed by atoms with E-state index >= 15 is 0 Å². The third-order valence-corrected chi connectivity index (χ3v) is 6.61. The molecule has 0 aliphatic carbocycles. The molecule has 36 heavy (non-hydrogen) atoms. The van der Waals surface area contributed by atoms with Crippen LogP contribution in [0.15, 0.2) is 100 Å². The monoisotopic (exact) mass is 556 g/mol. The molecule has 0 saturated heterocycles. The lowest BCUT2D eigenvalue weighted by Gasteiger charge is -2.15.